The fourth-order valence-electron chi connectivity index (χ4n) is 1.87. The molecule has 0 bridgehead atoms. The van der Waals surface area contributed by atoms with E-state index < -0.39 is 0 Å². The first-order valence-electron chi connectivity index (χ1n) is 5.59. The molecule has 0 aliphatic carbocycles. The van der Waals surface area contributed by atoms with Gasteiger partial charge in [0, 0.05) is 5.92 Å². The second-order valence-corrected chi connectivity index (χ2v) is 5.40. The molecule has 15 heavy (non-hydrogen) atoms. The van der Waals surface area contributed by atoms with Gasteiger partial charge >= 0.3 is 0 Å². The normalized spacial score (nSPS) is 14.3. The van der Waals surface area contributed by atoms with Gasteiger partial charge in [-0.05, 0) is 40.5 Å². The maximum atomic E-state index is 11.6. The summed E-state index contributed by atoms with van der Waals surface area (Å²) in [5.41, 5.74) is -0.216. The number of alkyl halides is 1. The third-order valence-corrected chi connectivity index (χ3v) is 2.93. The van der Waals surface area contributed by atoms with Crippen molar-refractivity contribution in [3.8, 4) is 0 Å². The standard InChI is InChI=1S/C12H23BrO2/c1-6-10(11(14)8-13)7-12(4,5)15-9(2)3/h9-10H,6-8H2,1-5H3. The van der Waals surface area contributed by atoms with Gasteiger partial charge in [0.1, 0.15) is 5.78 Å². The first-order valence-corrected chi connectivity index (χ1v) is 6.71. The molecule has 0 spiro atoms. The SMILES string of the molecule is CCC(CC(C)(C)OC(C)C)C(=O)CBr. The summed E-state index contributed by atoms with van der Waals surface area (Å²) >= 11 is 3.22. The Morgan fingerprint density at radius 1 is 1.40 bits per heavy atom. The molecule has 0 amide bonds. The summed E-state index contributed by atoms with van der Waals surface area (Å²) < 4.78 is 5.80. The maximum absolute atomic E-state index is 11.6. The summed E-state index contributed by atoms with van der Waals surface area (Å²) in [6.07, 6.45) is 1.89. The van der Waals surface area contributed by atoms with Crippen LogP contribution in [0.5, 0.6) is 0 Å². The van der Waals surface area contributed by atoms with Crippen LogP contribution in [0.4, 0.5) is 0 Å². The number of halogens is 1. The van der Waals surface area contributed by atoms with E-state index in [4.69, 9.17) is 4.74 Å². The van der Waals surface area contributed by atoms with Gasteiger partial charge in [-0.2, -0.15) is 0 Å². The van der Waals surface area contributed by atoms with Crippen molar-refractivity contribution in [2.75, 3.05) is 5.33 Å². The van der Waals surface area contributed by atoms with E-state index in [1.165, 1.54) is 0 Å². The lowest BCUT2D eigenvalue weighted by atomic mass is 9.88. The highest BCUT2D eigenvalue weighted by atomic mass is 79.9. The van der Waals surface area contributed by atoms with Gasteiger partial charge in [-0.3, -0.25) is 4.79 Å². The molecule has 90 valence electrons. The molecule has 0 rings (SSSR count). The van der Waals surface area contributed by atoms with Crippen LogP contribution in [0.25, 0.3) is 0 Å². The van der Waals surface area contributed by atoms with Gasteiger partial charge in [0.25, 0.3) is 0 Å². The van der Waals surface area contributed by atoms with Crippen LogP contribution in [0.1, 0.15) is 47.5 Å². The summed E-state index contributed by atoms with van der Waals surface area (Å²) in [7, 11) is 0. The average molecular weight is 279 g/mol. The fourth-order valence-corrected chi connectivity index (χ4v) is 2.33. The van der Waals surface area contributed by atoms with Crippen LogP contribution >= 0.6 is 15.9 Å². The second-order valence-electron chi connectivity index (χ2n) is 4.84. The van der Waals surface area contributed by atoms with Crippen LogP contribution in [0.3, 0.4) is 0 Å². The molecule has 0 aromatic carbocycles. The summed E-state index contributed by atoms with van der Waals surface area (Å²) in [6, 6.07) is 0. The van der Waals surface area contributed by atoms with Crippen LogP contribution in [-0.4, -0.2) is 22.8 Å². The molecule has 0 saturated heterocycles. The lowest BCUT2D eigenvalue weighted by Crippen LogP contribution is -2.33. The minimum Gasteiger partial charge on any atom is -0.373 e. The highest BCUT2D eigenvalue weighted by Crippen LogP contribution is 2.25. The first kappa shape index (κ1) is 15.1. The molecule has 0 heterocycles. The largest absolute Gasteiger partial charge is 0.373 e. The van der Waals surface area contributed by atoms with E-state index in [0.29, 0.717) is 5.33 Å². The molecular weight excluding hydrogens is 256 g/mol. The molecule has 0 aromatic heterocycles. The van der Waals surface area contributed by atoms with Crippen LogP contribution in [0, 0.1) is 5.92 Å². The molecule has 0 aromatic rings. The third kappa shape index (κ3) is 6.31. The number of Topliss-reactive ketones (excluding diaryl/α,β-unsaturated/α-hetero) is 1. The molecule has 2 nitrogen and oxygen atoms in total. The van der Waals surface area contributed by atoms with Gasteiger partial charge in [-0.25, -0.2) is 0 Å². The van der Waals surface area contributed by atoms with Crippen molar-refractivity contribution in [3.05, 3.63) is 0 Å². The predicted molar refractivity (Wildman–Crippen MR) is 67.5 cm³/mol. The van der Waals surface area contributed by atoms with Crippen molar-refractivity contribution in [1.82, 2.24) is 0 Å². The number of carbonyl (C=O) groups excluding carboxylic acids is 1. The minimum atomic E-state index is -0.216. The highest BCUT2D eigenvalue weighted by Gasteiger charge is 2.27. The molecule has 0 radical (unpaired) electrons. The molecular formula is C12H23BrO2. The highest BCUT2D eigenvalue weighted by molar-refractivity contribution is 9.09. The number of ketones is 1. The Kier molecular flexibility index (Phi) is 6.69. The van der Waals surface area contributed by atoms with Crippen LogP contribution < -0.4 is 0 Å². The zero-order valence-corrected chi connectivity index (χ0v) is 12.1. The Hall–Kier alpha value is 0.110. The van der Waals surface area contributed by atoms with E-state index in [1.807, 2.05) is 13.8 Å². The summed E-state index contributed by atoms with van der Waals surface area (Å²) in [5, 5.41) is 0.448. The molecule has 0 saturated carbocycles. The fraction of sp³-hybridized carbons (Fsp3) is 0.917. The molecule has 3 heteroatoms. The van der Waals surface area contributed by atoms with Crippen LogP contribution in [-0.2, 0) is 9.53 Å². The monoisotopic (exact) mass is 278 g/mol. The number of rotatable bonds is 7. The number of carbonyl (C=O) groups is 1. The van der Waals surface area contributed by atoms with Crippen molar-refractivity contribution in [1.29, 1.82) is 0 Å². The minimum absolute atomic E-state index is 0.109. The van der Waals surface area contributed by atoms with E-state index in [-0.39, 0.29) is 23.4 Å². The quantitative estimate of drug-likeness (QED) is 0.666. The first-order chi connectivity index (χ1) is 6.82. The molecule has 0 aliphatic heterocycles. The zero-order valence-electron chi connectivity index (χ0n) is 10.5. The smallest absolute Gasteiger partial charge is 0.146 e. The zero-order chi connectivity index (χ0) is 12.1. The Morgan fingerprint density at radius 2 is 1.93 bits per heavy atom. The second kappa shape index (κ2) is 6.64. The number of hydrogen-bond acceptors (Lipinski definition) is 2. The topological polar surface area (TPSA) is 26.3 Å². The Labute approximate surface area is 102 Å². The van der Waals surface area contributed by atoms with Crippen molar-refractivity contribution in [2.45, 2.75) is 59.2 Å². The molecule has 0 fully saturated rings. The molecule has 1 unspecified atom stereocenters. The Morgan fingerprint density at radius 3 is 2.27 bits per heavy atom. The van der Waals surface area contributed by atoms with E-state index in [2.05, 4.69) is 36.7 Å². The van der Waals surface area contributed by atoms with Gasteiger partial charge in [0.15, 0.2) is 0 Å². The van der Waals surface area contributed by atoms with E-state index in [0.717, 1.165) is 12.8 Å². The maximum Gasteiger partial charge on any atom is 0.146 e. The lowest BCUT2D eigenvalue weighted by molar-refractivity contribution is -0.125. The van der Waals surface area contributed by atoms with Crippen molar-refractivity contribution in [3.63, 3.8) is 0 Å². The Balaban J connectivity index is 4.33. The van der Waals surface area contributed by atoms with E-state index in [1.54, 1.807) is 0 Å². The van der Waals surface area contributed by atoms with Crippen molar-refractivity contribution in [2.24, 2.45) is 5.92 Å². The molecule has 1 atom stereocenters. The molecule has 0 N–H and O–H groups in total. The number of ether oxygens (including phenoxy) is 1. The number of hydrogen-bond donors (Lipinski definition) is 0. The Bertz CT molecular complexity index is 200. The lowest BCUT2D eigenvalue weighted by Gasteiger charge is -2.30. The van der Waals surface area contributed by atoms with Gasteiger partial charge in [-0.15, -0.1) is 0 Å². The van der Waals surface area contributed by atoms with Crippen LogP contribution in [0.2, 0.25) is 0 Å². The predicted octanol–water partition coefficient (Wildman–Crippen LogP) is 3.57. The van der Waals surface area contributed by atoms with E-state index >= 15 is 0 Å². The summed E-state index contributed by atoms with van der Waals surface area (Å²) in [4.78, 5) is 11.6. The third-order valence-electron chi connectivity index (χ3n) is 2.37. The van der Waals surface area contributed by atoms with Crippen LogP contribution in [0.15, 0.2) is 0 Å². The van der Waals surface area contributed by atoms with Gasteiger partial charge in [0.05, 0.1) is 17.0 Å². The average Bonchev–Trinajstić information content (AvgIpc) is 2.11. The van der Waals surface area contributed by atoms with Crippen molar-refractivity contribution >= 4 is 21.7 Å². The summed E-state index contributed by atoms with van der Waals surface area (Å²) in [5.74, 6) is 0.385. The van der Waals surface area contributed by atoms with E-state index in [9.17, 15) is 4.79 Å². The van der Waals surface area contributed by atoms with Gasteiger partial charge in [0.2, 0.25) is 0 Å². The van der Waals surface area contributed by atoms with Crippen molar-refractivity contribution < 1.29 is 9.53 Å². The van der Waals surface area contributed by atoms with Gasteiger partial charge in [-0.1, -0.05) is 22.9 Å². The molecule has 0 aliphatic rings. The van der Waals surface area contributed by atoms with Gasteiger partial charge < -0.3 is 4.74 Å². The summed E-state index contributed by atoms with van der Waals surface area (Å²) in [6.45, 7) is 10.2.